The molecule has 0 unspecified atom stereocenters. The Bertz CT molecular complexity index is 1370. The average molecular weight is 612 g/mol. The van der Waals surface area contributed by atoms with Crippen molar-refractivity contribution in [1.29, 1.82) is 0 Å². The lowest BCUT2D eigenvalue weighted by Crippen LogP contribution is -2.48. The largest absolute Gasteiger partial charge is 0.490 e. The van der Waals surface area contributed by atoms with Crippen molar-refractivity contribution in [2.75, 3.05) is 18.0 Å². The third-order valence-corrected chi connectivity index (χ3v) is 6.85. The number of aliphatic carboxylic acids is 2. The highest BCUT2D eigenvalue weighted by molar-refractivity contribution is 6.08. The van der Waals surface area contributed by atoms with E-state index in [1.54, 1.807) is 0 Å². The molecule has 2 aliphatic heterocycles. The molecule has 5 rings (SSSR count). The molecule has 1 fully saturated rings. The van der Waals surface area contributed by atoms with Gasteiger partial charge < -0.3 is 15.1 Å². The van der Waals surface area contributed by atoms with Crippen molar-refractivity contribution in [1.82, 2.24) is 9.88 Å². The maximum absolute atomic E-state index is 13.7. The molecule has 230 valence electrons. The van der Waals surface area contributed by atoms with Gasteiger partial charge in [-0.1, -0.05) is 54.6 Å². The number of carboxylic acid groups (broad SMARTS) is 2. The lowest BCUT2D eigenvalue weighted by Gasteiger charge is -2.38. The highest BCUT2D eigenvalue weighted by Crippen LogP contribution is 2.48. The maximum atomic E-state index is 13.7. The molecule has 2 aliphatic rings. The summed E-state index contributed by atoms with van der Waals surface area (Å²) in [4.78, 5) is 40.4. The summed E-state index contributed by atoms with van der Waals surface area (Å²) in [6.07, 6.45) is -6.60. The fourth-order valence-electron chi connectivity index (χ4n) is 4.82. The number of alkyl halides is 6. The van der Waals surface area contributed by atoms with Crippen molar-refractivity contribution < 1.29 is 50.9 Å². The number of fused-ring (bicyclic) bond motifs is 2. The third kappa shape index (κ3) is 8.53. The van der Waals surface area contributed by atoms with Crippen LogP contribution in [0.5, 0.6) is 0 Å². The zero-order chi connectivity index (χ0) is 31.8. The number of benzene rings is 2. The number of hydrogen-bond donors (Lipinski definition) is 2. The number of piperidine rings is 1. The standard InChI is InChI=1S/C25H25N3O.2C2HF3O2/c29-24-25(13-16-27(17-14-25)19-21-10-6-7-15-26-21)22-11-4-5-12-23(22)28(24)18-20-8-2-1-3-9-20;2*3-2(4,5)1(6)7/h1-12,15H,13-14,16-19H2;2*(H,6,7). The molecule has 0 radical (unpaired) electrons. The fraction of sp³-hybridized carbons (Fsp3) is 0.310. The van der Waals surface area contributed by atoms with Crippen LogP contribution in [0.3, 0.4) is 0 Å². The number of carboxylic acids is 2. The second-order valence-electron chi connectivity index (χ2n) is 9.68. The van der Waals surface area contributed by atoms with Crippen LogP contribution in [0.25, 0.3) is 0 Å². The Morgan fingerprint density at radius 1 is 0.767 bits per heavy atom. The number of carbonyl (C=O) groups is 3. The van der Waals surface area contributed by atoms with Gasteiger partial charge in [0, 0.05) is 18.4 Å². The lowest BCUT2D eigenvalue weighted by atomic mass is 9.73. The first-order chi connectivity index (χ1) is 20.1. The van der Waals surface area contributed by atoms with Crippen LogP contribution in [0.4, 0.5) is 32.0 Å². The molecule has 2 aromatic carbocycles. The van der Waals surface area contributed by atoms with Gasteiger partial charge in [-0.3, -0.25) is 14.7 Å². The molecule has 14 heteroatoms. The number of nitrogens with zero attached hydrogens (tertiary/aromatic N) is 3. The average Bonchev–Trinajstić information content (AvgIpc) is 3.18. The normalized spacial score (nSPS) is 16.0. The van der Waals surface area contributed by atoms with Gasteiger partial charge in [-0.25, -0.2) is 9.59 Å². The van der Waals surface area contributed by atoms with Gasteiger partial charge in [0.05, 0.1) is 17.7 Å². The summed E-state index contributed by atoms with van der Waals surface area (Å²) in [5.74, 6) is -5.25. The topological polar surface area (TPSA) is 111 Å². The van der Waals surface area contributed by atoms with Crippen LogP contribution in [-0.4, -0.2) is 63.4 Å². The first-order valence-electron chi connectivity index (χ1n) is 12.8. The molecular formula is C29H27F6N3O5. The van der Waals surface area contributed by atoms with Crippen molar-refractivity contribution in [3.05, 3.63) is 95.8 Å². The number of likely N-dealkylation sites (tertiary alicyclic amines) is 1. The number of anilines is 1. The van der Waals surface area contributed by atoms with Crippen LogP contribution in [0.1, 0.15) is 29.7 Å². The number of amides is 1. The zero-order valence-electron chi connectivity index (χ0n) is 22.5. The molecule has 2 N–H and O–H groups in total. The predicted molar refractivity (Wildman–Crippen MR) is 142 cm³/mol. The number of aromatic nitrogens is 1. The highest BCUT2D eigenvalue weighted by Gasteiger charge is 2.51. The van der Waals surface area contributed by atoms with E-state index in [0.29, 0.717) is 6.54 Å². The lowest BCUT2D eigenvalue weighted by molar-refractivity contribution is -0.193. The number of rotatable bonds is 4. The number of carbonyl (C=O) groups excluding carboxylic acids is 1. The summed E-state index contributed by atoms with van der Waals surface area (Å²) in [5, 5.41) is 14.2. The van der Waals surface area contributed by atoms with Crippen LogP contribution in [0.15, 0.2) is 79.0 Å². The quantitative estimate of drug-likeness (QED) is 0.379. The molecule has 1 saturated heterocycles. The summed E-state index contributed by atoms with van der Waals surface area (Å²) in [6, 6.07) is 24.7. The van der Waals surface area contributed by atoms with E-state index in [2.05, 4.69) is 46.3 Å². The summed E-state index contributed by atoms with van der Waals surface area (Å²) in [6.45, 7) is 3.31. The number of hydrogen-bond acceptors (Lipinski definition) is 5. The van der Waals surface area contributed by atoms with Crippen LogP contribution in [0, 0.1) is 0 Å². The Morgan fingerprint density at radius 2 is 1.28 bits per heavy atom. The minimum atomic E-state index is -5.08. The molecule has 0 bridgehead atoms. The van der Waals surface area contributed by atoms with E-state index in [9.17, 15) is 31.1 Å². The van der Waals surface area contributed by atoms with Crippen LogP contribution < -0.4 is 4.90 Å². The van der Waals surface area contributed by atoms with Gasteiger partial charge in [0.25, 0.3) is 0 Å². The Balaban J connectivity index is 0.000000303. The molecule has 1 spiro atoms. The van der Waals surface area contributed by atoms with Gasteiger partial charge in [-0.2, -0.15) is 26.3 Å². The second kappa shape index (κ2) is 13.7. The molecule has 3 heterocycles. The van der Waals surface area contributed by atoms with Gasteiger partial charge in [-0.15, -0.1) is 0 Å². The Kier molecular flexibility index (Phi) is 10.5. The summed E-state index contributed by atoms with van der Waals surface area (Å²) < 4.78 is 63.5. The molecule has 0 atom stereocenters. The molecule has 1 aromatic heterocycles. The number of halogens is 6. The molecule has 8 nitrogen and oxygen atoms in total. The predicted octanol–water partition coefficient (Wildman–Crippen LogP) is 5.43. The second-order valence-corrected chi connectivity index (χ2v) is 9.68. The van der Waals surface area contributed by atoms with Gasteiger partial charge >= 0.3 is 24.3 Å². The fourth-order valence-corrected chi connectivity index (χ4v) is 4.82. The number of para-hydroxylation sites is 1. The van der Waals surface area contributed by atoms with Crippen LogP contribution in [0.2, 0.25) is 0 Å². The maximum Gasteiger partial charge on any atom is 0.490 e. The van der Waals surface area contributed by atoms with E-state index in [1.807, 2.05) is 47.5 Å². The van der Waals surface area contributed by atoms with E-state index in [-0.39, 0.29) is 11.3 Å². The van der Waals surface area contributed by atoms with Crippen LogP contribution in [-0.2, 0) is 32.9 Å². The molecule has 0 aliphatic carbocycles. The van der Waals surface area contributed by atoms with Crippen molar-refractivity contribution in [3.8, 4) is 0 Å². The van der Waals surface area contributed by atoms with Gasteiger partial charge in [0.15, 0.2) is 0 Å². The highest BCUT2D eigenvalue weighted by atomic mass is 19.4. The molecule has 0 saturated carbocycles. The first kappa shape index (κ1) is 33.0. The van der Waals surface area contributed by atoms with Crippen LogP contribution >= 0.6 is 0 Å². The van der Waals surface area contributed by atoms with Gasteiger partial charge in [0.1, 0.15) is 0 Å². The van der Waals surface area contributed by atoms with E-state index in [0.717, 1.165) is 43.9 Å². The third-order valence-electron chi connectivity index (χ3n) is 6.85. The molecular weight excluding hydrogens is 584 g/mol. The molecule has 3 aromatic rings. The van der Waals surface area contributed by atoms with Gasteiger partial charge in [-0.05, 0) is 55.3 Å². The Hall–Kier alpha value is -4.46. The van der Waals surface area contributed by atoms with Crippen molar-refractivity contribution in [2.24, 2.45) is 0 Å². The molecule has 43 heavy (non-hydrogen) atoms. The first-order valence-corrected chi connectivity index (χ1v) is 12.8. The Morgan fingerprint density at radius 3 is 1.79 bits per heavy atom. The smallest absolute Gasteiger partial charge is 0.475 e. The minimum Gasteiger partial charge on any atom is -0.475 e. The van der Waals surface area contributed by atoms with E-state index < -0.39 is 24.3 Å². The van der Waals surface area contributed by atoms with Crippen molar-refractivity contribution in [3.63, 3.8) is 0 Å². The van der Waals surface area contributed by atoms with E-state index in [4.69, 9.17) is 19.8 Å². The SMILES string of the molecule is O=C(O)C(F)(F)F.O=C(O)C(F)(F)F.O=C1N(Cc2ccccc2)c2ccccc2C12CCN(Cc1ccccn1)CC2. The monoisotopic (exact) mass is 611 g/mol. The molecule has 1 amide bonds. The Labute approximate surface area is 242 Å². The summed E-state index contributed by atoms with van der Waals surface area (Å²) in [7, 11) is 0. The minimum absolute atomic E-state index is 0.264. The van der Waals surface area contributed by atoms with E-state index in [1.165, 1.54) is 11.1 Å². The van der Waals surface area contributed by atoms with E-state index >= 15 is 0 Å². The summed E-state index contributed by atoms with van der Waals surface area (Å²) >= 11 is 0. The van der Waals surface area contributed by atoms with Gasteiger partial charge in [0.2, 0.25) is 5.91 Å². The zero-order valence-corrected chi connectivity index (χ0v) is 22.5. The van der Waals surface area contributed by atoms with Crippen molar-refractivity contribution >= 4 is 23.5 Å². The number of pyridine rings is 1. The summed E-state index contributed by atoms with van der Waals surface area (Å²) in [5.41, 5.74) is 4.16. The van der Waals surface area contributed by atoms with Crippen molar-refractivity contribution in [2.45, 2.75) is 43.7 Å².